The minimum atomic E-state index is 0.653. The van der Waals surface area contributed by atoms with Crippen LogP contribution in [-0.2, 0) is 0 Å². The molecule has 2 heterocycles. The maximum atomic E-state index is 5.11. The van der Waals surface area contributed by atoms with Gasteiger partial charge in [-0.2, -0.15) is 0 Å². The number of rotatable bonds is 5. The number of thiophene rings is 1. The number of hydrogen-bond acceptors (Lipinski definition) is 4. The van der Waals surface area contributed by atoms with Crippen molar-refractivity contribution in [1.82, 2.24) is 15.0 Å². The summed E-state index contributed by atoms with van der Waals surface area (Å²) >= 11 is 1.79. The van der Waals surface area contributed by atoms with Crippen molar-refractivity contribution in [2.24, 2.45) is 0 Å². The van der Waals surface area contributed by atoms with Crippen LogP contribution in [0.4, 0.5) is 0 Å². The van der Waals surface area contributed by atoms with Gasteiger partial charge in [0.05, 0.1) is 0 Å². The van der Waals surface area contributed by atoms with Crippen LogP contribution in [0.15, 0.2) is 164 Å². The Morgan fingerprint density at radius 2 is 0.872 bits per heavy atom. The van der Waals surface area contributed by atoms with Gasteiger partial charge in [-0.25, -0.2) is 15.0 Å². The lowest BCUT2D eigenvalue weighted by atomic mass is 10.00. The Morgan fingerprint density at radius 1 is 0.340 bits per heavy atom. The highest BCUT2D eigenvalue weighted by Crippen LogP contribution is 2.39. The maximum Gasteiger partial charge on any atom is 0.165 e. The van der Waals surface area contributed by atoms with E-state index in [9.17, 15) is 0 Å². The van der Waals surface area contributed by atoms with Crippen LogP contribution in [0.5, 0.6) is 0 Å². The Morgan fingerprint density at radius 3 is 1.62 bits per heavy atom. The predicted molar refractivity (Wildman–Crippen MR) is 197 cm³/mol. The van der Waals surface area contributed by atoms with Crippen LogP contribution in [-0.4, -0.2) is 15.0 Å². The monoisotopic (exact) mass is 617 g/mol. The highest BCUT2D eigenvalue weighted by Gasteiger charge is 2.17. The lowest BCUT2D eigenvalue weighted by Crippen LogP contribution is -2.00. The van der Waals surface area contributed by atoms with Crippen LogP contribution in [0.1, 0.15) is 0 Å². The quantitative estimate of drug-likeness (QED) is 0.193. The number of aromatic nitrogens is 3. The van der Waals surface area contributed by atoms with Gasteiger partial charge in [0, 0.05) is 36.9 Å². The van der Waals surface area contributed by atoms with Crippen molar-refractivity contribution < 1.29 is 0 Å². The SMILES string of the molecule is c1ccc(-c2ccc(-c3nc(-c4ccc(-c5ccc6ccccc6c5)cc4)nc(-c4cccc5c4sc4ccccc45)n3)cc2)cc1. The maximum absolute atomic E-state index is 5.11. The predicted octanol–water partition coefficient (Wildman–Crippen LogP) is 11.7. The molecule has 0 saturated heterocycles. The van der Waals surface area contributed by atoms with Gasteiger partial charge in [0.1, 0.15) is 0 Å². The second kappa shape index (κ2) is 11.4. The zero-order valence-corrected chi connectivity index (χ0v) is 26.2. The van der Waals surface area contributed by atoms with Gasteiger partial charge < -0.3 is 0 Å². The summed E-state index contributed by atoms with van der Waals surface area (Å²) in [5, 5.41) is 4.95. The van der Waals surface area contributed by atoms with Crippen molar-refractivity contribution >= 4 is 42.3 Å². The summed E-state index contributed by atoms with van der Waals surface area (Å²) in [7, 11) is 0. The molecular weight excluding hydrogens is 591 g/mol. The lowest BCUT2D eigenvalue weighted by Gasteiger charge is -2.10. The summed E-state index contributed by atoms with van der Waals surface area (Å²) in [5.41, 5.74) is 7.59. The molecule has 0 radical (unpaired) electrons. The average molecular weight is 618 g/mol. The second-order valence-electron chi connectivity index (χ2n) is 11.7. The Balaban J connectivity index is 1.17. The summed E-state index contributed by atoms with van der Waals surface area (Å²) in [6.07, 6.45) is 0. The fraction of sp³-hybridized carbons (Fsp3) is 0. The molecular formula is C43H27N3S. The highest BCUT2D eigenvalue weighted by atomic mass is 32.1. The summed E-state index contributed by atoms with van der Waals surface area (Å²) in [4.78, 5) is 15.3. The molecule has 3 nitrogen and oxygen atoms in total. The molecule has 0 unspecified atom stereocenters. The van der Waals surface area contributed by atoms with Crippen LogP contribution in [0.3, 0.4) is 0 Å². The van der Waals surface area contributed by atoms with Crippen molar-refractivity contribution in [3.05, 3.63) is 164 Å². The van der Waals surface area contributed by atoms with E-state index in [4.69, 9.17) is 15.0 Å². The molecule has 0 bridgehead atoms. The zero-order valence-electron chi connectivity index (χ0n) is 25.3. The summed E-state index contributed by atoms with van der Waals surface area (Å²) in [5.74, 6) is 1.98. The number of benzene rings is 7. The van der Waals surface area contributed by atoms with Crippen molar-refractivity contribution in [3.63, 3.8) is 0 Å². The van der Waals surface area contributed by atoms with E-state index in [1.54, 1.807) is 11.3 Å². The average Bonchev–Trinajstić information content (AvgIpc) is 3.54. The van der Waals surface area contributed by atoms with Gasteiger partial charge in [0.25, 0.3) is 0 Å². The normalized spacial score (nSPS) is 11.4. The lowest BCUT2D eigenvalue weighted by molar-refractivity contribution is 1.08. The van der Waals surface area contributed by atoms with Gasteiger partial charge in [-0.05, 0) is 51.2 Å². The number of hydrogen-bond donors (Lipinski definition) is 0. The van der Waals surface area contributed by atoms with Gasteiger partial charge >= 0.3 is 0 Å². The topological polar surface area (TPSA) is 38.7 Å². The molecule has 2 aromatic heterocycles. The van der Waals surface area contributed by atoms with E-state index in [1.165, 1.54) is 42.1 Å². The van der Waals surface area contributed by atoms with Gasteiger partial charge in [0.2, 0.25) is 0 Å². The molecule has 0 atom stereocenters. The second-order valence-corrected chi connectivity index (χ2v) is 12.7. The molecule has 47 heavy (non-hydrogen) atoms. The Labute approximate surface area is 276 Å². The smallest absolute Gasteiger partial charge is 0.165 e. The molecule has 9 aromatic rings. The van der Waals surface area contributed by atoms with Crippen molar-refractivity contribution in [3.8, 4) is 56.4 Å². The third-order valence-corrected chi connectivity index (χ3v) is 9.98. The van der Waals surface area contributed by atoms with Gasteiger partial charge in [0.15, 0.2) is 17.5 Å². The van der Waals surface area contributed by atoms with Crippen molar-refractivity contribution in [2.75, 3.05) is 0 Å². The van der Waals surface area contributed by atoms with Crippen LogP contribution < -0.4 is 0 Å². The molecule has 0 aliphatic heterocycles. The molecule has 0 amide bonds. The zero-order chi connectivity index (χ0) is 31.2. The summed E-state index contributed by atoms with van der Waals surface area (Å²) < 4.78 is 2.44. The van der Waals surface area contributed by atoms with E-state index in [2.05, 4.69) is 158 Å². The minimum absolute atomic E-state index is 0.653. The third kappa shape index (κ3) is 5.05. The molecule has 0 spiro atoms. The fourth-order valence-corrected chi connectivity index (χ4v) is 7.51. The van der Waals surface area contributed by atoms with Crippen LogP contribution in [0.25, 0.3) is 87.4 Å². The van der Waals surface area contributed by atoms with Crippen LogP contribution in [0.2, 0.25) is 0 Å². The Bertz CT molecular complexity index is 2550. The van der Waals surface area contributed by atoms with Crippen LogP contribution >= 0.6 is 11.3 Å². The number of fused-ring (bicyclic) bond motifs is 4. The molecule has 4 heteroatoms. The molecule has 220 valence electrons. The van der Waals surface area contributed by atoms with Gasteiger partial charge in [-0.1, -0.05) is 146 Å². The van der Waals surface area contributed by atoms with Gasteiger partial charge in [-0.15, -0.1) is 11.3 Å². The first-order valence-electron chi connectivity index (χ1n) is 15.7. The largest absolute Gasteiger partial charge is 0.208 e. The van der Waals surface area contributed by atoms with E-state index in [1.807, 2.05) is 6.07 Å². The first-order chi connectivity index (χ1) is 23.3. The number of nitrogens with zero attached hydrogens (tertiary/aromatic N) is 3. The molecule has 9 rings (SSSR count). The standard InChI is InChI=1S/C43H27N3S/c1-2-9-28(10-3-1)30-17-22-32(23-18-30)41-44-42(33-24-19-31(20-25-33)35-26-21-29-11-4-5-12-34(29)27-35)46-43(45-41)38-15-8-14-37-36-13-6-7-16-39(36)47-40(37)38/h1-27H. The highest BCUT2D eigenvalue weighted by molar-refractivity contribution is 7.26. The van der Waals surface area contributed by atoms with E-state index in [-0.39, 0.29) is 0 Å². The van der Waals surface area contributed by atoms with E-state index in [0.717, 1.165) is 27.8 Å². The van der Waals surface area contributed by atoms with E-state index < -0.39 is 0 Å². The molecule has 0 saturated carbocycles. The molecule has 7 aromatic carbocycles. The Hall–Kier alpha value is -5.97. The third-order valence-electron chi connectivity index (χ3n) is 8.76. The van der Waals surface area contributed by atoms with Crippen LogP contribution in [0, 0.1) is 0 Å². The van der Waals surface area contributed by atoms with E-state index in [0.29, 0.717) is 17.5 Å². The Kier molecular flexibility index (Phi) is 6.65. The molecule has 0 aliphatic carbocycles. The first-order valence-corrected chi connectivity index (χ1v) is 16.5. The summed E-state index contributed by atoms with van der Waals surface area (Å²) in [6.45, 7) is 0. The molecule has 0 fully saturated rings. The van der Waals surface area contributed by atoms with Crippen molar-refractivity contribution in [2.45, 2.75) is 0 Å². The molecule has 0 aliphatic rings. The molecule has 0 N–H and O–H groups in total. The van der Waals surface area contributed by atoms with Crippen molar-refractivity contribution in [1.29, 1.82) is 0 Å². The van der Waals surface area contributed by atoms with E-state index >= 15 is 0 Å². The van der Waals surface area contributed by atoms with Gasteiger partial charge in [-0.3, -0.25) is 0 Å². The fourth-order valence-electron chi connectivity index (χ4n) is 6.30. The minimum Gasteiger partial charge on any atom is -0.208 e. The first kappa shape index (κ1) is 27.3. The summed E-state index contributed by atoms with van der Waals surface area (Å²) in [6, 6.07) is 57.5.